The molecule has 0 amide bonds. The van der Waals surface area contributed by atoms with Crippen LogP contribution < -0.4 is 4.90 Å². The maximum absolute atomic E-state index is 2.51. The van der Waals surface area contributed by atoms with Gasteiger partial charge in [0.25, 0.3) is 0 Å². The Hall–Kier alpha value is -6.44. The molecule has 1 nitrogen and oxygen atoms in total. The van der Waals surface area contributed by atoms with E-state index in [2.05, 4.69) is 221 Å². The summed E-state index contributed by atoms with van der Waals surface area (Å²) in [6, 6.07) is 70.7. The van der Waals surface area contributed by atoms with E-state index in [1.54, 1.807) is 0 Å². The highest BCUT2D eigenvalue weighted by Crippen LogP contribution is 2.57. The van der Waals surface area contributed by atoms with E-state index in [9.17, 15) is 0 Å². The van der Waals surface area contributed by atoms with Crippen molar-refractivity contribution in [3.8, 4) is 33.4 Å². The van der Waals surface area contributed by atoms with E-state index in [0.29, 0.717) is 0 Å². The fourth-order valence-electron chi connectivity index (χ4n) is 10.7. The Morgan fingerprint density at radius 2 is 0.661 bits per heavy atom. The minimum Gasteiger partial charge on any atom is -0.310 e. The van der Waals surface area contributed by atoms with Gasteiger partial charge >= 0.3 is 0 Å². The third-order valence-corrected chi connectivity index (χ3v) is 13.3. The van der Waals surface area contributed by atoms with Crippen molar-refractivity contribution in [1.82, 2.24) is 0 Å². The SMILES string of the molecule is CC1(C)c2ccccc2-c2ccc(N(c3cccc(C4(c5ccccc5)c5ccccc5-c5ccccc54)c3)c3ccc4c(c3)C(C)(C)c3ccccc3-4)cc21. The van der Waals surface area contributed by atoms with Crippen LogP contribution in [0, 0.1) is 0 Å². The zero-order chi connectivity index (χ0) is 37.8. The predicted molar refractivity (Wildman–Crippen MR) is 234 cm³/mol. The van der Waals surface area contributed by atoms with Crippen LogP contribution in [0.1, 0.15) is 72.2 Å². The number of benzene rings is 8. The van der Waals surface area contributed by atoms with Crippen LogP contribution in [0.3, 0.4) is 0 Å². The zero-order valence-corrected chi connectivity index (χ0v) is 32.3. The predicted octanol–water partition coefficient (Wildman–Crippen LogP) is 14.1. The molecule has 11 rings (SSSR count). The van der Waals surface area contributed by atoms with Crippen LogP contribution in [0.5, 0.6) is 0 Å². The Morgan fingerprint density at radius 3 is 1.16 bits per heavy atom. The van der Waals surface area contributed by atoms with Gasteiger partial charge in [-0.15, -0.1) is 0 Å². The number of nitrogens with zero attached hydrogens (tertiary/aromatic N) is 1. The van der Waals surface area contributed by atoms with E-state index < -0.39 is 5.41 Å². The molecule has 0 N–H and O–H groups in total. The highest BCUT2D eigenvalue weighted by molar-refractivity contribution is 5.90. The van der Waals surface area contributed by atoms with Crippen molar-refractivity contribution in [3.05, 3.63) is 233 Å². The van der Waals surface area contributed by atoms with Crippen molar-refractivity contribution < 1.29 is 0 Å². The molecule has 0 radical (unpaired) electrons. The van der Waals surface area contributed by atoms with Gasteiger partial charge in [0.1, 0.15) is 0 Å². The number of rotatable bonds is 5. The molecule has 0 saturated carbocycles. The Morgan fingerprint density at radius 1 is 0.286 bits per heavy atom. The van der Waals surface area contributed by atoms with Crippen LogP contribution in [0.4, 0.5) is 17.1 Å². The average Bonchev–Trinajstić information content (AvgIpc) is 3.76. The molecule has 0 heterocycles. The van der Waals surface area contributed by atoms with Gasteiger partial charge in [0, 0.05) is 27.9 Å². The van der Waals surface area contributed by atoms with E-state index in [4.69, 9.17) is 0 Å². The molecule has 3 aliphatic rings. The summed E-state index contributed by atoms with van der Waals surface area (Å²) in [5, 5.41) is 0. The molecule has 1 heteroatoms. The molecule has 0 unspecified atom stereocenters. The first-order valence-corrected chi connectivity index (χ1v) is 19.9. The summed E-state index contributed by atoms with van der Waals surface area (Å²) >= 11 is 0. The quantitative estimate of drug-likeness (QED) is 0.171. The second-order valence-electron chi connectivity index (χ2n) is 16.9. The zero-order valence-electron chi connectivity index (χ0n) is 32.3. The van der Waals surface area contributed by atoms with Crippen molar-refractivity contribution >= 4 is 17.1 Å². The van der Waals surface area contributed by atoms with Crippen LogP contribution in [-0.4, -0.2) is 0 Å². The summed E-state index contributed by atoms with van der Waals surface area (Å²) in [5.41, 5.74) is 21.4. The van der Waals surface area contributed by atoms with E-state index in [1.807, 2.05) is 0 Å². The molecular weight excluding hydrogens is 675 g/mol. The smallest absolute Gasteiger partial charge is 0.0714 e. The molecule has 0 aromatic heterocycles. The van der Waals surface area contributed by atoms with Crippen LogP contribution in [0.2, 0.25) is 0 Å². The molecular formula is C55H43N. The second-order valence-corrected chi connectivity index (χ2v) is 16.9. The summed E-state index contributed by atoms with van der Waals surface area (Å²) in [4.78, 5) is 2.51. The summed E-state index contributed by atoms with van der Waals surface area (Å²) in [5.74, 6) is 0. The standard InChI is InChI=1S/C55H43N/c1-53(2)47-25-12-8-21-41(47)45-31-29-39(34-51(45)53)56(40-30-32-46-42-22-9-13-26-48(42)54(3,4)52(46)35-40)38-20-16-19-37(33-38)55(36-17-6-5-7-18-36)49-27-14-10-23-43(49)44-24-11-15-28-50(44)55/h5-35H,1-4H3. The van der Waals surface area contributed by atoms with E-state index in [1.165, 1.54) is 77.9 Å². The van der Waals surface area contributed by atoms with Crippen LogP contribution in [0.25, 0.3) is 33.4 Å². The van der Waals surface area contributed by atoms with Crippen LogP contribution in [0.15, 0.2) is 188 Å². The van der Waals surface area contributed by atoms with Gasteiger partial charge < -0.3 is 4.90 Å². The van der Waals surface area contributed by atoms with Crippen molar-refractivity contribution in [3.63, 3.8) is 0 Å². The first-order chi connectivity index (χ1) is 27.3. The lowest BCUT2D eigenvalue weighted by molar-refractivity contribution is 0.660. The van der Waals surface area contributed by atoms with E-state index >= 15 is 0 Å². The summed E-state index contributed by atoms with van der Waals surface area (Å²) in [6.45, 7) is 9.50. The summed E-state index contributed by atoms with van der Waals surface area (Å²) in [6.07, 6.45) is 0. The minimum atomic E-state index is -0.487. The normalized spacial score (nSPS) is 15.6. The highest BCUT2D eigenvalue weighted by Gasteiger charge is 2.46. The monoisotopic (exact) mass is 717 g/mol. The van der Waals surface area contributed by atoms with Gasteiger partial charge in [-0.2, -0.15) is 0 Å². The van der Waals surface area contributed by atoms with E-state index in [-0.39, 0.29) is 10.8 Å². The lowest BCUT2D eigenvalue weighted by atomic mass is 9.67. The van der Waals surface area contributed by atoms with Gasteiger partial charge in [-0.3, -0.25) is 0 Å². The summed E-state index contributed by atoms with van der Waals surface area (Å²) < 4.78 is 0. The molecule has 0 spiro atoms. The maximum atomic E-state index is 2.51. The molecule has 56 heavy (non-hydrogen) atoms. The van der Waals surface area contributed by atoms with Gasteiger partial charge in [-0.05, 0) is 114 Å². The largest absolute Gasteiger partial charge is 0.310 e. The van der Waals surface area contributed by atoms with Crippen LogP contribution >= 0.6 is 0 Å². The molecule has 0 bridgehead atoms. The topological polar surface area (TPSA) is 3.24 Å². The Balaban J connectivity index is 1.16. The van der Waals surface area contributed by atoms with Gasteiger partial charge in [-0.1, -0.05) is 179 Å². The van der Waals surface area contributed by atoms with Gasteiger partial charge in [0.05, 0.1) is 5.41 Å². The third-order valence-electron chi connectivity index (χ3n) is 13.3. The Kier molecular flexibility index (Phi) is 6.93. The number of anilines is 3. The molecule has 0 fully saturated rings. The molecule has 268 valence electrons. The molecule has 3 aliphatic carbocycles. The number of fused-ring (bicyclic) bond motifs is 9. The maximum Gasteiger partial charge on any atom is 0.0714 e. The third kappa shape index (κ3) is 4.37. The first kappa shape index (κ1) is 32.9. The lowest BCUT2D eigenvalue weighted by Gasteiger charge is -2.35. The molecule has 8 aromatic carbocycles. The summed E-state index contributed by atoms with van der Waals surface area (Å²) in [7, 11) is 0. The number of hydrogen-bond donors (Lipinski definition) is 0. The van der Waals surface area contributed by atoms with Crippen molar-refractivity contribution in [2.45, 2.75) is 43.9 Å². The number of hydrogen-bond acceptors (Lipinski definition) is 1. The molecule has 0 aliphatic heterocycles. The van der Waals surface area contributed by atoms with Crippen molar-refractivity contribution in [1.29, 1.82) is 0 Å². The Bertz CT molecular complexity index is 2720. The minimum absolute atomic E-state index is 0.119. The van der Waals surface area contributed by atoms with Crippen molar-refractivity contribution in [2.75, 3.05) is 4.90 Å². The van der Waals surface area contributed by atoms with E-state index in [0.717, 1.165) is 17.1 Å². The fourth-order valence-corrected chi connectivity index (χ4v) is 10.7. The van der Waals surface area contributed by atoms with Crippen LogP contribution in [-0.2, 0) is 16.2 Å². The first-order valence-electron chi connectivity index (χ1n) is 19.9. The highest BCUT2D eigenvalue weighted by atomic mass is 15.1. The van der Waals surface area contributed by atoms with Crippen molar-refractivity contribution in [2.24, 2.45) is 0 Å². The van der Waals surface area contributed by atoms with Gasteiger partial charge in [0.15, 0.2) is 0 Å². The second kappa shape index (κ2) is 11.8. The molecule has 0 atom stereocenters. The Labute approximate surface area is 330 Å². The van der Waals surface area contributed by atoms with Gasteiger partial charge in [-0.25, -0.2) is 0 Å². The molecule has 0 saturated heterocycles. The lowest BCUT2D eigenvalue weighted by Crippen LogP contribution is -2.28. The average molecular weight is 718 g/mol. The fraction of sp³-hybridized carbons (Fsp3) is 0.127. The van der Waals surface area contributed by atoms with Gasteiger partial charge in [0.2, 0.25) is 0 Å². The molecule has 8 aromatic rings.